The standard InChI is InChI=1S/C20H29BrO4/c1-5-7-16-18-15(8-9-20(16,23)24-11-6-10-21)14(12-17(22)25-18)13-19(2,3)4/h8-9,23H,5-7,10-13H2,1-4H3. The molecular weight excluding hydrogens is 384 g/mol. The summed E-state index contributed by atoms with van der Waals surface area (Å²) in [7, 11) is 0. The molecular formula is C20H29BrO4. The third-order valence-corrected chi connectivity index (χ3v) is 4.79. The number of carbonyl (C=O) groups is 1. The Labute approximate surface area is 159 Å². The molecule has 0 fully saturated rings. The van der Waals surface area contributed by atoms with Crippen LogP contribution < -0.4 is 0 Å². The maximum atomic E-state index is 12.2. The summed E-state index contributed by atoms with van der Waals surface area (Å²) in [4.78, 5) is 12.2. The van der Waals surface area contributed by atoms with Crippen LogP contribution in [0.1, 0.15) is 59.8 Å². The first-order valence-corrected chi connectivity index (χ1v) is 10.1. The normalized spacial score (nSPS) is 23.8. The molecule has 0 aromatic carbocycles. The zero-order chi connectivity index (χ0) is 18.7. The van der Waals surface area contributed by atoms with E-state index in [4.69, 9.17) is 9.47 Å². The van der Waals surface area contributed by atoms with Gasteiger partial charge in [-0.1, -0.05) is 50.0 Å². The van der Waals surface area contributed by atoms with Crippen LogP contribution in [-0.4, -0.2) is 28.8 Å². The number of carbonyl (C=O) groups excluding carboxylic acids is 1. The predicted molar refractivity (Wildman–Crippen MR) is 102 cm³/mol. The van der Waals surface area contributed by atoms with E-state index in [1.807, 2.05) is 13.0 Å². The molecule has 2 aliphatic rings. The Bertz CT molecular complexity index is 610. The van der Waals surface area contributed by atoms with Crippen LogP contribution >= 0.6 is 15.9 Å². The van der Waals surface area contributed by atoms with Gasteiger partial charge in [-0.15, -0.1) is 0 Å². The highest BCUT2D eigenvalue weighted by Gasteiger charge is 2.40. The van der Waals surface area contributed by atoms with E-state index >= 15 is 0 Å². The first kappa shape index (κ1) is 20.4. The highest BCUT2D eigenvalue weighted by molar-refractivity contribution is 9.09. The summed E-state index contributed by atoms with van der Waals surface area (Å²) in [5.41, 5.74) is 2.74. The summed E-state index contributed by atoms with van der Waals surface area (Å²) in [6, 6.07) is 0. The molecule has 0 saturated heterocycles. The minimum Gasteiger partial charge on any atom is -0.425 e. The van der Waals surface area contributed by atoms with E-state index in [0.717, 1.165) is 35.7 Å². The molecule has 0 aromatic heterocycles. The Morgan fingerprint density at radius 1 is 1.40 bits per heavy atom. The van der Waals surface area contributed by atoms with Crippen LogP contribution in [0.3, 0.4) is 0 Å². The number of esters is 1. The van der Waals surface area contributed by atoms with E-state index < -0.39 is 5.79 Å². The van der Waals surface area contributed by atoms with Crippen LogP contribution in [-0.2, 0) is 14.3 Å². The summed E-state index contributed by atoms with van der Waals surface area (Å²) in [5, 5.41) is 11.8. The molecule has 0 aromatic rings. The van der Waals surface area contributed by atoms with Crippen molar-refractivity contribution in [1.82, 2.24) is 0 Å². The van der Waals surface area contributed by atoms with Crippen molar-refractivity contribution in [3.8, 4) is 0 Å². The summed E-state index contributed by atoms with van der Waals surface area (Å²) >= 11 is 3.37. The second kappa shape index (κ2) is 8.19. The molecule has 0 radical (unpaired) electrons. The minimum atomic E-state index is -1.50. The lowest BCUT2D eigenvalue weighted by Gasteiger charge is -2.36. The molecule has 1 atom stereocenters. The van der Waals surface area contributed by atoms with Crippen molar-refractivity contribution in [2.24, 2.45) is 5.41 Å². The Hall–Kier alpha value is -0.910. The molecule has 1 aliphatic heterocycles. The smallest absolute Gasteiger partial charge is 0.315 e. The van der Waals surface area contributed by atoms with E-state index in [-0.39, 0.29) is 11.4 Å². The van der Waals surface area contributed by atoms with Crippen molar-refractivity contribution in [2.45, 2.75) is 65.6 Å². The SMILES string of the molecule is CCCC1=C2OC(=O)CC(CC(C)(C)C)=C2C=CC1(O)OCCCBr. The van der Waals surface area contributed by atoms with Crippen molar-refractivity contribution >= 4 is 21.9 Å². The third-order valence-electron chi connectivity index (χ3n) is 4.23. The van der Waals surface area contributed by atoms with Gasteiger partial charge in [0.2, 0.25) is 5.79 Å². The van der Waals surface area contributed by atoms with Gasteiger partial charge in [0.05, 0.1) is 13.0 Å². The average molecular weight is 413 g/mol. The lowest BCUT2D eigenvalue weighted by molar-refractivity contribution is -0.148. The zero-order valence-electron chi connectivity index (χ0n) is 15.7. The highest BCUT2D eigenvalue weighted by atomic mass is 79.9. The van der Waals surface area contributed by atoms with Gasteiger partial charge in [-0.3, -0.25) is 4.79 Å². The number of aliphatic hydroxyl groups is 1. The average Bonchev–Trinajstić information content (AvgIpc) is 2.49. The van der Waals surface area contributed by atoms with Gasteiger partial charge >= 0.3 is 5.97 Å². The van der Waals surface area contributed by atoms with Gasteiger partial charge in [0.15, 0.2) is 0 Å². The number of halogens is 1. The zero-order valence-corrected chi connectivity index (χ0v) is 17.2. The van der Waals surface area contributed by atoms with Crippen LogP contribution in [0.5, 0.6) is 0 Å². The van der Waals surface area contributed by atoms with E-state index in [2.05, 4.69) is 36.7 Å². The van der Waals surface area contributed by atoms with Crippen LogP contribution in [0.15, 0.2) is 34.6 Å². The van der Waals surface area contributed by atoms with Gasteiger partial charge in [0.25, 0.3) is 0 Å². The third kappa shape index (κ3) is 5.05. The van der Waals surface area contributed by atoms with Gasteiger partial charge in [0.1, 0.15) is 5.76 Å². The number of hydrogen-bond acceptors (Lipinski definition) is 4. The van der Waals surface area contributed by atoms with Crippen LogP contribution in [0, 0.1) is 5.41 Å². The van der Waals surface area contributed by atoms with E-state index in [1.54, 1.807) is 6.08 Å². The molecule has 0 amide bonds. The maximum absolute atomic E-state index is 12.2. The molecule has 0 bridgehead atoms. The van der Waals surface area contributed by atoms with E-state index in [1.165, 1.54) is 0 Å². The molecule has 0 saturated carbocycles. The lowest BCUT2D eigenvalue weighted by atomic mass is 9.80. The van der Waals surface area contributed by atoms with Crippen LogP contribution in [0.25, 0.3) is 0 Å². The first-order chi connectivity index (χ1) is 11.7. The molecule has 2 rings (SSSR count). The lowest BCUT2D eigenvalue weighted by Crippen LogP contribution is -2.37. The summed E-state index contributed by atoms with van der Waals surface area (Å²) in [6.07, 6.45) is 6.92. The fraction of sp³-hybridized carbons (Fsp3) is 0.650. The number of fused-ring (bicyclic) bond motifs is 1. The highest BCUT2D eigenvalue weighted by Crippen LogP contribution is 2.42. The monoisotopic (exact) mass is 412 g/mol. The van der Waals surface area contributed by atoms with Crippen LogP contribution in [0.2, 0.25) is 0 Å². The van der Waals surface area contributed by atoms with Crippen LogP contribution in [0.4, 0.5) is 0 Å². The first-order valence-electron chi connectivity index (χ1n) is 8.98. The Kier molecular flexibility index (Phi) is 6.68. The molecule has 0 spiro atoms. The molecule has 5 heteroatoms. The minimum absolute atomic E-state index is 0.0734. The Balaban J connectivity index is 2.46. The van der Waals surface area contributed by atoms with E-state index in [0.29, 0.717) is 30.8 Å². The largest absolute Gasteiger partial charge is 0.425 e. The fourth-order valence-electron chi connectivity index (χ4n) is 3.27. The van der Waals surface area contributed by atoms with Gasteiger partial charge in [-0.25, -0.2) is 0 Å². The Morgan fingerprint density at radius 3 is 2.72 bits per heavy atom. The molecule has 140 valence electrons. The number of alkyl halides is 1. The van der Waals surface area contributed by atoms with Crippen molar-refractivity contribution in [1.29, 1.82) is 0 Å². The van der Waals surface area contributed by atoms with Crippen molar-refractivity contribution < 1.29 is 19.4 Å². The second-order valence-electron chi connectivity index (χ2n) is 7.88. The number of allylic oxidation sites excluding steroid dienone is 1. The maximum Gasteiger partial charge on any atom is 0.315 e. The quantitative estimate of drug-likeness (QED) is 0.283. The van der Waals surface area contributed by atoms with Gasteiger partial charge in [0, 0.05) is 16.5 Å². The Morgan fingerprint density at radius 2 is 2.12 bits per heavy atom. The molecule has 4 nitrogen and oxygen atoms in total. The number of ether oxygens (including phenoxy) is 2. The van der Waals surface area contributed by atoms with Crippen molar-refractivity contribution in [3.05, 3.63) is 34.6 Å². The fourth-order valence-corrected chi connectivity index (χ4v) is 3.50. The summed E-state index contributed by atoms with van der Waals surface area (Å²) in [6.45, 7) is 8.93. The van der Waals surface area contributed by atoms with Crippen molar-refractivity contribution in [3.63, 3.8) is 0 Å². The molecule has 1 aliphatic carbocycles. The molecule has 25 heavy (non-hydrogen) atoms. The molecule has 1 N–H and O–H groups in total. The van der Waals surface area contributed by atoms with Crippen molar-refractivity contribution in [2.75, 3.05) is 11.9 Å². The summed E-state index contributed by atoms with van der Waals surface area (Å²) < 4.78 is 11.3. The molecule has 1 unspecified atom stereocenters. The number of hydrogen-bond donors (Lipinski definition) is 1. The topological polar surface area (TPSA) is 55.8 Å². The van der Waals surface area contributed by atoms with E-state index in [9.17, 15) is 9.90 Å². The van der Waals surface area contributed by atoms with Gasteiger partial charge in [-0.2, -0.15) is 0 Å². The number of rotatable bonds is 7. The predicted octanol–water partition coefficient (Wildman–Crippen LogP) is 4.78. The second-order valence-corrected chi connectivity index (χ2v) is 8.68. The van der Waals surface area contributed by atoms with Gasteiger partial charge in [-0.05, 0) is 42.4 Å². The van der Waals surface area contributed by atoms with Gasteiger partial charge < -0.3 is 14.6 Å². The summed E-state index contributed by atoms with van der Waals surface area (Å²) in [5.74, 6) is -1.26. The molecule has 1 heterocycles.